The third-order valence-electron chi connectivity index (χ3n) is 5.40. The first kappa shape index (κ1) is 16.9. The molecule has 0 amide bonds. The molecule has 6 nitrogen and oxygen atoms in total. The summed E-state index contributed by atoms with van der Waals surface area (Å²) < 4.78 is 28.9. The van der Waals surface area contributed by atoms with Crippen LogP contribution in [0.3, 0.4) is 0 Å². The first-order valence-corrected chi connectivity index (χ1v) is 10.4. The highest BCUT2D eigenvalue weighted by Gasteiger charge is 2.33. The summed E-state index contributed by atoms with van der Waals surface area (Å²) in [5.74, 6) is 2.55. The van der Waals surface area contributed by atoms with Crippen LogP contribution in [-0.4, -0.2) is 45.8 Å². The normalized spacial score (nSPS) is 22.5. The Bertz CT molecular complexity index is 633. The zero-order chi connectivity index (χ0) is 16.4. The molecule has 0 radical (unpaired) electrons. The van der Waals surface area contributed by atoms with E-state index in [1.165, 1.54) is 19.3 Å². The van der Waals surface area contributed by atoms with Crippen molar-refractivity contribution in [1.82, 2.24) is 19.1 Å². The Morgan fingerprint density at radius 1 is 1.13 bits per heavy atom. The lowest BCUT2D eigenvalue weighted by molar-refractivity contribution is 0.305. The quantitative estimate of drug-likeness (QED) is 0.843. The molecule has 1 aromatic heterocycles. The number of piperidine rings is 1. The van der Waals surface area contributed by atoms with Crippen molar-refractivity contribution in [2.24, 2.45) is 0 Å². The smallest absolute Gasteiger partial charge is 0.216 e. The second kappa shape index (κ2) is 6.89. The molecule has 1 saturated heterocycles. The molecule has 3 heterocycles. The fraction of sp³-hybridized carbons (Fsp3) is 0.875. The van der Waals surface area contributed by atoms with Gasteiger partial charge in [0, 0.05) is 32.0 Å². The third-order valence-corrected chi connectivity index (χ3v) is 7.84. The number of rotatable bonds is 4. The van der Waals surface area contributed by atoms with E-state index in [0.29, 0.717) is 25.4 Å². The van der Waals surface area contributed by atoms with Gasteiger partial charge in [-0.2, -0.15) is 0 Å². The third kappa shape index (κ3) is 3.31. The van der Waals surface area contributed by atoms with E-state index >= 15 is 0 Å². The van der Waals surface area contributed by atoms with Crippen LogP contribution in [0.2, 0.25) is 0 Å². The molecule has 0 aromatic carbocycles. The molecule has 0 bridgehead atoms. The first-order valence-electron chi connectivity index (χ1n) is 8.95. The molecule has 0 N–H and O–H groups in total. The van der Waals surface area contributed by atoms with E-state index in [-0.39, 0.29) is 5.25 Å². The van der Waals surface area contributed by atoms with Crippen LogP contribution in [0.1, 0.15) is 69.9 Å². The van der Waals surface area contributed by atoms with Crippen molar-refractivity contribution in [1.29, 1.82) is 0 Å². The van der Waals surface area contributed by atoms with E-state index in [1.54, 1.807) is 11.2 Å². The van der Waals surface area contributed by atoms with Crippen LogP contribution in [0.5, 0.6) is 0 Å². The molecular formula is C16H28N4O2S. The summed E-state index contributed by atoms with van der Waals surface area (Å²) in [6.45, 7) is 5.97. The van der Waals surface area contributed by atoms with E-state index in [2.05, 4.69) is 14.8 Å². The monoisotopic (exact) mass is 340 g/mol. The molecule has 2 aliphatic heterocycles. The molecular weight excluding hydrogens is 312 g/mol. The molecule has 0 spiro atoms. The average Bonchev–Trinajstić information content (AvgIpc) is 2.82. The molecule has 7 heteroatoms. The molecule has 0 unspecified atom stereocenters. The van der Waals surface area contributed by atoms with Crippen LogP contribution in [0.15, 0.2) is 0 Å². The lowest BCUT2D eigenvalue weighted by Gasteiger charge is -2.32. The summed E-state index contributed by atoms with van der Waals surface area (Å²) >= 11 is 0. The Kier molecular flexibility index (Phi) is 5.06. The predicted octanol–water partition coefficient (Wildman–Crippen LogP) is 2.31. The predicted molar refractivity (Wildman–Crippen MR) is 89.8 cm³/mol. The highest BCUT2D eigenvalue weighted by atomic mass is 32.2. The number of aryl methyl sites for hydroxylation is 1. The molecule has 1 atom stereocenters. The summed E-state index contributed by atoms with van der Waals surface area (Å²) in [6.07, 6.45) is 7.05. The van der Waals surface area contributed by atoms with Crippen molar-refractivity contribution in [3.05, 3.63) is 11.6 Å². The van der Waals surface area contributed by atoms with Crippen LogP contribution in [-0.2, 0) is 23.0 Å². The average molecular weight is 340 g/mol. The zero-order valence-electron chi connectivity index (χ0n) is 14.2. The lowest BCUT2D eigenvalue weighted by atomic mass is 9.97. The van der Waals surface area contributed by atoms with Crippen molar-refractivity contribution in [2.75, 3.05) is 13.1 Å². The van der Waals surface area contributed by atoms with Gasteiger partial charge >= 0.3 is 0 Å². The van der Waals surface area contributed by atoms with Crippen LogP contribution < -0.4 is 0 Å². The fourth-order valence-electron chi connectivity index (χ4n) is 3.64. The molecule has 1 aromatic rings. The molecule has 130 valence electrons. The van der Waals surface area contributed by atoms with E-state index < -0.39 is 10.0 Å². The summed E-state index contributed by atoms with van der Waals surface area (Å²) in [5.41, 5.74) is 0. The molecule has 2 aliphatic rings. The number of nitrogens with zero attached hydrogens (tertiary/aromatic N) is 4. The van der Waals surface area contributed by atoms with Gasteiger partial charge in [0.2, 0.25) is 10.0 Å². The van der Waals surface area contributed by atoms with Crippen LogP contribution in [0, 0.1) is 0 Å². The Morgan fingerprint density at radius 3 is 2.57 bits per heavy atom. The minimum absolute atomic E-state index is 0.289. The van der Waals surface area contributed by atoms with Crippen LogP contribution in [0.4, 0.5) is 0 Å². The van der Waals surface area contributed by atoms with Crippen LogP contribution >= 0.6 is 0 Å². The number of aromatic nitrogens is 3. The second-order valence-corrected chi connectivity index (χ2v) is 9.22. The highest BCUT2D eigenvalue weighted by Crippen LogP contribution is 2.30. The van der Waals surface area contributed by atoms with Gasteiger partial charge in [0.1, 0.15) is 11.6 Å². The minimum Gasteiger partial charge on any atom is -0.315 e. The van der Waals surface area contributed by atoms with Crippen LogP contribution in [0.25, 0.3) is 0 Å². The Morgan fingerprint density at radius 2 is 1.87 bits per heavy atom. The fourth-order valence-corrected chi connectivity index (χ4v) is 5.29. The zero-order valence-corrected chi connectivity index (χ0v) is 15.1. The largest absolute Gasteiger partial charge is 0.315 e. The summed E-state index contributed by atoms with van der Waals surface area (Å²) in [6, 6.07) is 0. The van der Waals surface area contributed by atoms with E-state index in [4.69, 9.17) is 0 Å². The van der Waals surface area contributed by atoms with Crippen molar-refractivity contribution in [2.45, 2.75) is 76.5 Å². The van der Waals surface area contributed by atoms with Gasteiger partial charge in [-0.15, -0.1) is 10.2 Å². The number of hydrogen-bond acceptors (Lipinski definition) is 4. The Balaban J connectivity index is 1.69. The van der Waals surface area contributed by atoms with Crippen molar-refractivity contribution in [3.8, 4) is 0 Å². The van der Waals surface area contributed by atoms with Gasteiger partial charge in [0.15, 0.2) is 0 Å². The number of sulfonamides is 1. The van der Waals surface area contributed by atoms with Gasteiger partial charge in [0.05, 0.1) is 5.25 Å². The standard InChI is InChI=1S/C16H28N4O2S/c1-3-13(2)23(21,22)19-11-8-14(9-12-19)16-18-17-15-7-5-4-6-10-20(15)16/h13-14H,3-12H2,1-2H3/t13-/m0/s1. The summed E-state index contributed by atoms with van der Waals surface area (Å²) in [5, 5.41) is 8.54. The first-order chi connectivity index (χ1) is 11.0. The van der Waals surface area contributed by atoms with E-state index in [1.807, 2.05) is 6.92 Å². The summed E-state index contributed by atoms with van der Waals surface area (Å²) in [4.78, 5) is 0. The Hall–Kier alpha value is -0.950. The van der Waals surface area contributed by atoms with Crippen molar-refractivity contribution < 1.29 is 8.42 Å². The van der Waals surface area contributed by atoms with Gasteiger partial charge in [-0.1, -0.05) is 13.3 Å². The Labute approximate surface area is 139 Å². The maximum Gasteiger partial charge on any atom is 0.216 e. The van der Waals surface area contributed by atoms with Crippen molar-refractivity contribution >= 4 is 10.0 Å². The van der Waals surface area contributed by atoms with Crippen molar-refractivity contribution in [3.63, 3.8) is 0 Å². The topological polar surface area (TPSA) is 68.1 Å². The SMILES string of the molecule is CC[C@H](C)S(=O)(=O)N1CCC(c2nnc3n2CCCCC3)CC1. The minimum atomic E-state index is -3.14. The number of fused-ring (bicyclic) bond motifs is 1. The summed E-state index contributed by atoms with van der Waals surface area (Å²) in [7, 11) is -3.14. The molecule has 0 aliphatic carbocycles. The maximum absolute atomic E-state index is 12.5. The highest BCUT2D eigenvalue weighted by molar-refractivity contribution is 7.89. The van der Waals surface area contributed by atoms with E-state index in [9.17, 15) is 8.42 Å². The van der Waals surface area contributed by atoms with E-state index in [0.717, 1.165) is 37.5 Å². The number of hydrogen-bond donors (Lipinski definition) is 0. The molecule has 23 heavy (non-hydrogen) atoms. The van der Waals surface area contributed by atoms with Gasteiger partial charge in [0.25, 0.3) is 0 Å². The molecule has 1 fully saturated rings. The van der Waals surface area contributed by atoms with Gasteiger partial charge in [-0.3, -0.25) is 0 Å². The maximum atomic E-state index is 12.5. The molecule has 0 saturated carbocycles. The lowest BCUT2D eigenvalue weighted by Crippen LogP contribution is -2.42. The molecule has 3 rings (SSSR count). The second-order valence-electron chi connectivity index (χ2n) is 6.87. The van der Waals surface area contributed by atoms with Gasteiger partial charge < -0.3 is 4.57 Å². The van der Waals surface area contributed by atoms with Gasteiger partial charge in [-0.25, -0.2) is 12.7 Å². The van der Waals surface area contributed by atoms with Gasteiger partial charge in [-0.05, 0) is 39.0 Å².